The maximum atomic E-state index is 12.5. The predicted octanol–water partition coefficient (Wildman–Crippen LogP) is 5.11. The summed E-state index contributed by atoms with van der Waals surface area (Å²) in [7, 11) is 0. The number of halogens is 1. The van der Waals surface area contributed by atoms with Crippen LogP contribution in [-0.4, -0.2) is 23.6 Å². The number of amides is 2. The Balaban J connectivity index is 1.58. The lowest BCUT2D eigenvalue weighted by atomic mass is 10.1. The number of hydrogen-bond acceptors (Lipinski definition) is 5. The Labute approximate surface area is 191 Å². The van der Waals surface area contributed by atoms with Gasteiger partial charge in [-0.15, -0.1) is 0 Å². The topological polar surface area (TPSA) is 92.9 Å². The third-order valence-corrected chi connectivity index (χ3v) is 5.04. The summed E-state index contributed by atoms with van der Waals surface area (Å²) in [6, 6.07) is 14.0. The summed E-state index contributed by atoms with van der Waals surface area (Å²) in [5.74, 6) is 0.511. The lowest BCUT2D eigenvalue weighted by Crippen LogP contribution is -2.30. The Hall–Kier alpha value is -3.58. The van der Waals surface area contributed by atoms with Crippen molar-refractivity contribution in [2.45, 2.75) is 33.8 Å². The van der Waals surface area contributed by atoms with E-state index in [4.69, 9.17) is 20.8 Å². The smallest absolute Gasteiger partial charge is 0.274 e. The minimum atomic E-state index is -0.695. The first-order valence-corrected chi connectivity index (χ1v) is 10.3. The average molecular weight is 454 g/mol. The predicted molar refractivity (Wildman–Crippen MR) is 124 cm³/mol. The van der Waals surface area contributed by atoms with Crippen molar-refractivity contribution in [2.24, 2.45) is 5.10 Å². The van der Waals surface area contributed by atoms with E-state index in [1.165, 1.54) is 6.26 Å². The number of anilines is 1. The van der Waals surface area contributed by atoms with E-state index >= 15 is 0 Å². The minimum absolute atomic E-state index is 0.278. The first-order valence-electron chi connectivity index (χ1n) is 9.97. The summed E-state index contributed by atoms with van der Waals surface area (Å²) in [5, 5.41) is 7.57. The number of aryl methyl sites for hydroxylation is 2. The summed E-state index contributed by atoms with van der Waals surface area (Å²) in [6.45, 7) is 7.04. The van der Waals surface area contributed by atoms with Crippen LogP contribution in [0.4, 0.5) is 5.69 Å². The van der Waals surface area contributed by atoms with Gasteiger partial charge in [-0.05, 0) is 75.2 Å². The van der Waals surface area contributed by atoms with Crippen LogP contribution in [0.25, 0.3) is 0 Å². The zero-order chi connectivity index (χ0) is 23.3. The standard InChI is InChI=1S/C24H24ClN3O4/c1-14-13-19(25)7-10-22(14)32-17(4)23(29)26-20-8-5-18(6-9-20)15(2)27-28-24(30)21-11-12-31-16(21)3/h5-13,17H,1-4H3,(H,26,29)(H,28,30). The van der Waals surface area contributed by atoms with Crippen LogP contribution in [-0.2, 0) is 4.79 Å². The Bertz CT molecular complexity index is 1150. The first kappa shape index (κ1) is 23.1. The van der Waals surface area contributed by atoms with Crippen molar-refractivity contribution in [3.05, 3.63) is 82.3 Å². The van der Waals surface area contributed by atoms with Gasteiger partial charge in [-0.3, -0.25) is 9.59 Å². The molecule has 8 heteroatoms. The van der Waals surface area contributed by atoms with E-state index < -0.39 is 6.10 Å². The Morgan fingerprint density at radius 1 is 1.09 bits per heavy atom. The molecule has 1 heterocycles. The normalized spacial score (nSPS) is 12.2. The third kappa shape index (κ3) is 5.76. The van der Waals surface area contributed by atoms with Crippen LogP contribution in [0, 0.1) is 13.8 Å². The maximum absolute atomic E-state index is 12.5. The molecule has 7 nitrogen and oxygen atoms in total. The number of carbonyl (C=O) groups is 2. The summed E-state index contributed by atoms with van der Waals surface area (Å²) in [5.41, 5.74) is 5.84. The number of nitrogens with one attached hydrogen (secondary N) is 2. The molecule has 2 aromatic carbocycles. The van der Waals surface area contributed by atoms with Gasteiger partial charge in [0.05, 0.1) is 17.5 Å². The van der Waals surface area contributed by atoms with Gasteiger partial charge in [0.15, 0.2) is 6.10 Å². The number of ether oxygens (including phenoxy) is 1. The van der Waals surface area contributed by atoms with Crippen molar-refractivity contribution in [3.8, 4) is 5.75 Å². The molecular formula is C24H24ClN3O4. The van der Waals surface area contributed by atoms with E-state index in [-0.39, 0.29) is 11.8 Å². The lowest BCUT2D eigenvalue weighted by molar-refractivity contribution is -0.122. The van der Waals surface area contributed by atoms with E-state index in [1.54, 1.807) is 69.3 Å². The summed E-state index contributed by atoms with van der Waals surface area (Å²) < 4.78 is 10.9. The van der Waals surface area contributed by atoms with Crippen molar-refractivity contribution in [1.82, 2.24) is 5.43 Å². The van der Waals surface area contributed by atoms with Gasteiger partial charge in [0.25, 0.3) is 11.8 Å². The average Bonchev–Trinajstić information content (AvgIpc) is 3.20. The largest absolute Gasteiger partial charge is 0.481 e. The van der Waals surface area contributed by atoms with Gasteiger partial charge >= 0.3 is 0 Å². The molecule has 0 aliphatic carbocycles. The second-order valence-electron chi connectivity index (χ2n) is 7.27. The molecule has 0 radical (unpaired) electrons. The minimum Gasteiger partial charge on any atom is -0.481 e. The van der Waals surface area contributed by atoms with Crippen LogP contribution < -0.4 is 15.5 Å². The second kappa shape index (κ2) is 10.2. The number of nitrogens with zero attached hydrogens (tertiary/aromatic N) is 1. The fraction of sp³-hybridized carbons (Fsp3) is 0.208. The highest BCUT2D eigenvalue weighted by molar-refractivity contribution is 6.30. The molecule has 0 saturated heterocycles. The molecule has 1 atom stereocenters. The Kier molecular flexibility index (Phi) is 7.33. The van der Waals surface area contributed by atoms with E-state index in [1.807, 2.05) is 6.92 Å². The molecular weight excluding hydrogens is 430 g/mol. The third-order valence-electron chi connectivity index (χ3n) is 4.81. The van der Waals surface area contributed by atoms with Gasteiger partial charge in [0.1, 0.15) is 11.5 Å². The molecule has 0 spiro atoms. The van der Waals surface area contributed by atoms with Gasteiger partial charge in [0, 0.05) is 10.7 Å². The highest BCUT2D eigenvalue weighted by atomic mass is 35.5. The van der Waals surface area contributed by atoms with E-state index in [0.29, 0.717) is 33.5 Å². The van der Waals surface area contributed by atoms with E-state index in [9.17, 15) is 9.59 Å². The number of carbonyl (C=O) groups excluding carboxylic acids is 2. The summed E-state index contributed by atoms with van der Waals surface area (Å²) >= 11 is 5.96. The molecule has 32 heavy (non-hydrogen) atoms. The molecule has 2 N–H and O–H groups in total. The number of rotatable bonds is 7. The Morgan fingerprint density at radius 2 is 1.81 bits per heavy atom. The van der Waals surface area contributed by atoms with Crippen LogP contribution in [0.3, 0.4) is 0 Å². The molecule has 3 rings (SSSR count). The number of hydrogen-bond donors (Lipinski definition) is 2. The quantitative estimate of drug-likeness (QED) is 0.384. The van der Waals surface area contributed by atoms with Crippen molar-refractivity contribution in [3.63, 3.8) is 0 Å². The van der Waals surface area contributed by atoms with E-state index in [0.717, 1.165) is 11.1 Å². The molecule has 166 valence electrons. The van der Waals surface area contributed by atoms with E-state index in [2.05, 4.69) is 15.8 Å². The fourth-order valence-electron chi connectivity index (χ4n) is 2.91. The number of furan rings is 1. The molecule has 0 aliphatic rings. The highest BCUT2D eigenvalue weighted by Crippen LogP contribution is 2.23. The molecule has 0 fully saturated rings. The SMILES string of the molecule is CC(=NNC(=O)c1ccoc1C)c1ccc(NC(=O)C(C)Oc2ccc(Cl)cc2C)cc1. The van der Waals surface area contributed by atoms with Gasteiger partial charge < -0.3 is 14.5 Å². The van der Waals surface area contributed by atoms with Crippen LogP contribution in [0.15, 0.2) is 64.3 Å². The van der Waals surface area contributed by atoms with Crippen molar-refractivity contribution >= 4 is 34.8 Å². The zero-order valence-electron chi connectivity index (χ0n) is 18.2. The van der Waals surface area contributed by atoms with Crippen LogP contribution in [0.2, 0.25) is 5.02 Å². The van der Waals surface area contributed by atoms with Crippen molar-refractivity contribution in [1.29, 1.82) is 0 Å². The summed E-state index contributed by atoms with van der Waals surface area (Å²) in [6.07, 6.45) is 0.760. The molecule has 0 aliphatic heterocycles. The molecule has 1 unspecified atom stereocenters. The van der Waals surface area contributed by atoms with Crippen LogP contribution in [0.1, 0.15) is 41.1 Å². The number of benzene rings is 2. The Morgan fingerprint density at radius 3 is 2.44 bits per heavy atom. The van der Waals surface area contributed by atoms with Gasteiger partial charge in [-0.2, -0.15) is 5.10 Å². The van der Waals surface area contributed by atoms with Gasteiger partial charge in [-0.1, -0.05) is 23.7 Å². The second-order valence-corrected chi connectivity index (χ2v) is 7.70. The maximum Gasteiger partial charge on any atom is 0.274 e. The first-order chi connectivity index (χ1) is 15.2. The van der Waals surface area contributed by atoms with Crippen LogP contribution in [0.5, 0.6) is 5.75 Å². The molecule has 1 aromatic heterocycles. The van der Waals surface area contributed by atoms with Crippen molar-refractivity contribution < 1.29 is 18.7 Å². The molecule has 0 bridgehead atoms. The molecule has 3 aromatic rings. The molecule has 2 amide bonds. The lowest BCUT2D eigenvalue weighted by Gasteiger charge is -2.16. The zero-order valence-corrected chi connectivity index (χ0v) is 19.0. The highest BCUT2D eigenvalue weighted by Gasteiger charge is 2.16. The van der Waals surface area contributed by atoms with Gasteiger partial charge in [0.2, 0.25) is 0 Å². The van der Waals surface area contributed by atoms with Crippen LogP contribution >= 0.6 is 11.6 Å². The monoisotopic (exact) mass is 453 g/mol. The number of hydrazone groups is 1. The van der Waals surface area contributed by atoms with Crippen molar-refractivity contribution in [2.75, 3.05) is 5.32 Å². The molecule has 0 saturated carbocycles. The summed E-state index contributed by atoms with van der Waals surface area (Å²) in [4.78, 5) is 24.6. The fourth-order valence-corrected chi connectivity index (χ4v) is 3.13. The van der Waals surface area contributed by atoms with Gasteiger partial charge in [-0.25, -0.2) is 5.43 Å².